The van der Waals surface area contributed by atoms with Gasteiger partial charge in [0.25, 0.3) is 5.91 Å². The number of thioether (sulfide) groups is 1. The van der Waals surface area contributed by atoms with Crippen LogP contribution in [0.5, 0.6) is 0 Å². The summed E-state index contributed by atoms with van der Waals surface area (Å²) in [6.45, 7) is 3.36. The highest BCUT2D eigenvalue weighted by Crippen LogP contribution is 2.46. The van der Waals surface area contributed by atoms with Crippen molar-refractivity contribution in [2.75, 3.05) is 13.1 Å². The van der Waals surface area contributed by atoms with Crippen LogP contribution in [0.4, 0.5) is 0 Å². The predicted molar refractivity (Wildman–Crippen MR) is 126 cm³/mol. The molecular formula is C25H23ClN2O2S. The Hall–Kier alpha value is -2.50. The Morgan fingerprint density at radius 1 is 1.06 bits per heavy atom. The van der Waals surface area contributed by atoms with E-state index in [-0.39, 0.29) is 16.6 Å². The summed E-state index contributed by atoms with van der Waals surface area (Å²) in [6, 6.07) is 17.6. The van der Waals surface area contributed by atoms with Gasteiger partial charge in [0, 0.05) is 52.1 Å². The largest absolute Gasteiger partial charge is 0.338 e. The monoisotopic (exact) mass is 450 g/mol. The zero-order valence-electron chi connectivity index (χ0n) is 17.3. The van der Waals surface area contributed by atoms with Gasteiger partial charge in [-0.1, -0.05) is 41.9 Å². The van der Waals surface area contributed by atoms with Gasteiger partial charge >= 0.3 is 0 Å². The van der Waals surface area contributed by atoms with Crippen molar-refractivity contribution in [1.29, 1.82) is 0 Å². The first-order chi connectivity index (χ1) is 15.0. The fraction of sp³-hybridized carbons (Fsp3) is 0.280. The number of aryl methyl sites for hydroxylation is 1. The van der Waals surface area contributed by atoms with Crippen molar-refractivity contribution in [2.45, 2.75) is 36.3 Å². The first-order valence-electron chi connectivity index (χ1n) is 10.6. The number of para-hydroxylation sites is 1. The van der Waals surface area contributed by atoms with Crippen molar-refractivity contribution in [3.63, 3.8) is 0 Å². The maximum absolute atomic E-state index is 13.5. The fourth-order valence-electron chi connectivity index (χ4n) is 4.65. The maximum atomic E-state index is 13.5. The molecule has 3 heterocycles. The van der Waals surface area contributed by atoms with Crippen LogP contribution >= 0.6 is 23.4 Å². The average Bonchev–Trinajstić information content (AvgIpc) is 3.23. The lowest BCUT2D eigenvalue weighted by Crippen LogP contribution is -2.34. The number of hydrogen-bond acceptors (Lipinski definition) is 3. The van der Waals surface area contributed by atoms with Crippen LogP contribution in [0.15, 0.2) is 64.3 Å². The lowest BCUT2D eigenvalue weighted by atomic mass is 10.0. The van der Waals surface area contributed by atoms with E-state index in [1.807, 2.05) is 48.2 Å². The molecule has 2 aliphatic rings. The average molecular weight is 451 g/mol. The third-order valence-electron chi connectivity index (χ3n) is 6.11. The molecule has 2 aliphatic heterocycles. The molecule has 4 nitrogen and oxygen atoms in total. The summed E-state index contributed by atoms with van der Waals surface area (Å²) in [5, 5.41) is 0.697. The second-order valence-corrected chi connectivity index (χ2v) is 9.76. The Bertz CT molecular complexity index is 1230. The number of carbonyl (C=O) groups is 1. The molecule has 1 saturated heterocycles. The smallest absolute Gasteiger partial charge is 0.259 e. The Labute approximate surface area is 190 Å². The van der Waals surface area contributed by atoms with Gasteiger partial charge < -0.3 is 9.47 Å². The minimum Gasteiger partial charge on any atom is -0.338 e. The molecule has 6 heteroatoms. The first-order valence-corrected chi connectivity index (χ1v) is 11.9. The lowest BCUT2D eigenvalue weighted by molar-refractivity contribution is 0.0789. The summed E-state index contributed by atoms with van der Waals surface area (Å²) in [7, 11) is 0. The first kappa shape index (κ1) is 20.4. The molecule has 31 heavy (non-hydrogen) atoms. The number of hydrogen-bond donors (Lipinski definition) is 0. The van der Waals surface area contributed by atoms with Gasteiger partial charge in [0.2, 0.25) is 0 Å². The molecule has 0 saturated carbocycles. The number of benzene rings is 2. The quantitative estimate of drug-likeness (QED) is 0.523. The summed E-state index contributed by atoms with van der Waals surface area (Å²) in [5.41, 5.74) is 3.76. The van der Waals surface area contributed by atoms with Crippen LogP contribution in [-0.2, 0) is 6.42 Å². The van der Waals surface area contributed by atoms with Gasteiger partial charge in [-0.25, -0.2) is 0 Å². The Kier molecular flexibility index (Phi) is 5.40. The number of halogens is 1. The van der Waals surface area contributed by atoms with Gasteiger partial charge in [-0.15, -0.1) is 11.8 Å². The lowest BCUT2D eigenvalue weighted by Gasteiger charge is -2.23. The second kappa shape index (κ2) is 8.21. The van der Waals surface area contributed by atoms with Crippen molar-refractivity contribution >= 4 is 29.3 Å². The van der Waals surface area contributed by atoms with Crippen LogP contribution in [0.2, 0.25) is 5.02 Å². The minimum atomic E-state index is -0.192. The fourth-order valence-corrected chi connectivity index (χ4v) is 6.30. The normalized spacial score (nSPS) is 17.7. The van der Waals surface area contributed by atoms with E-state index in [1.54, 1.807) is 17.8 Å². The summed E-state index contributed by atoms with van der Waals surface area (Å²) in [5.74, 6) is -0.145. The molecule has 0 radical (unpaired) electrons. The summed E-state index contributed by atoms with van der Waals surface area (Å²) in [6.07, 6.45) is 2.53. The number of likely N-dealkylation sites (tertiary alicyclic amines) is 1. The van der Waals surface area contributed by atoms with E-state index >= 15 is 0 Å². The Balaban J connectivity index is 1.76. The van der Waals surface area contributed by atoms with Gasteiger partial charge in [-0.2, -0.15) is 0 Å². The predicted octanol–water partition coefficient (Wildman–Crippen LogP) is 5.42. The molecule has 0 bridgehead atoms. The molecule has 1 amide bonds. The number of amides is 1. The molecule has 5 rings (SSSR count). The SMILES string of the molecule is Cc1cc(=O)c(C(=O)N2CCCC2)c2n1-c1ccccc1S[C@@H](c1ccccc1Cl)C2. The van der Waals surface area contributed by atoms with E-state index in [1.165, 1.54) is 0 Å². The van der Waals surface area contributed by atoms with Crippen molar-refractivity contribution in [3.8, 4) is 5.69 Å². The van der Waals surface area contributed by atoms with Crippen LogP contribution in [0.1, 0.15) is 45.4 Å². The molecule has 1 fully saturated rings. The van der Waals surface area contributed by atoms with Crippen molar-refractivity contribution in [3.05, 3.63) is 92.4 Å². The van der Waals surface area contributed by atoms with Crippen LogP contribution in [0, 0.1) is 6.92 Å². The van der Waals surface area contributed by atoms with Crippen molar-refractivity contribution in [1.82, 2.24) is 9.47 Å². The van der Waals surface area contributed by atoms with Gasteiger partial charge in [-0.05, 0) is 43.5 Å². The zero-order valence-corrected chi connectivity index (χ0v) is 18.9. The molecule has 1 aromatic heterocycles. The number of pyridine rings is 1. The highest BCUT2D eigenvalue weighted by Gasteiger charge is 2.32. The zero-order chi connectivity index (χ0) is 21.5. The van der Waals surface area contributed by atoms with E-state index in [2.05, 4.69) is 16.7 Å². The van der Waals surface area contributed by atoms with Gasteiger partial charge in [-0.3, -0.25) is 9.59 Å². The van der Waals surface area contributed by atoms with E-state index in [0.717, 1.165) is 40.4 Å². The molecule has 0 spiro atoms. The molecule has 1 atom stereocenters. The molecule has 158 valence electrons. The molecule has 0 aliphatic carbocycles. The van der Waals surface area contributed by atoms with Gasteiger partial charge in [0.1, 0.15) is 5.56 Å². The minimum absolute atomic E-state index is 0.00470. The topological polar surface area (TPSA) is 42.3 Å². The van der Waals surface area contributed by atoms with Crippen molar-refractivity contribution in [2.24, 2.45) is 0 Å². The number of nitrogens with zero attached hydrogens (tertiary/aromatic N) is 2. The van der Waals surface area contributed by atoms with Crippen LogP contribution in [0.25, 0.3) is 5.69 Å². The van der Waals surface area contributed by atoms with Gasteiger partial charge in [0.05, 0.1) is 5.69 Å². The summed E-state index contributed by atoms with van der Waals surface area (Å²) in [4.78, 5) is 29.5. The standard InChI is InChI=1S/C25H23ClN2O2S/c1-16-14-21(29)24(25(30)27-12-6-7-13-27)20-15-23(17-8-2-3-9-18(17)26)31-22-11-5-4-10-19(22)28(16)20/h2-5,8-11,14,23H,6-7,12-13,15H2,1H3/t23-/m1/s1. The summed E-state index contributed by atoms with van der Waals surface area (Å²) < 4.78 is 2.10. The van der Waals surface area contributed by atoms with Crippen molar-refractivity contribution < 1.29 is 4.79 Å². The highest BCUT2D eigenvalue weighted by molar-refractivity contribution is 7.99. The van der Waals surface area contributed by atoms with Gasteiger partial charge in [0.15, 0.2) is 5.43 Å². The van der Waals surface area contributed by atoms with Crippen LogP contribution in [-0.4, -0.2) is 28.5 Å². The second-order valence-electron chi connectivity index (χ2n) is 8.11. The Morgan fingerprint density at radius 2 is 1.77 bits per heavy atom. The number of aromatic nitrogens is 1. The van der Waals surface area contributed by atoms with E-state index in [4.69, 9.17) is 11.6 Å². The van der Waals surface area contributed by atoms with Crippen LogP contribution < -0.4 is 5.43 Å². The number of fused-ring (bicyclic) bond motifs is 3. The van der Waals surface area contributed by atoms with E-state index < -0.39 is 0 Å². The van der Waals surface area contributed by atoms with E-state index in [9.17, 15) is 9.59 Å². The molecule has 2 aromatic carbocycles. The number of carbonyl (C=O) groups excluding carboxylic acids is 1. The molecular weight excluding hydrogens is 428 g/mol. The molecule has 0 N–H and O–H groups in total. The highest BCUT2D eigenvalue weighted by atomic mass is 35.5. The third-order valence-corrected chi connectivity index (χ3v) is 7.76. The third kappa shape index (κ3) is 3.60. The maximum Gasteiger partial charge on any atom is 0.259 e. The molecule has 3 aromatic rings. The Morgan fingerprint density at radius 3 is 2.55 bits per heavy atom. The van der Waals surface area contributed by atoms with Crippen LogP contribution in [0.3, 0.4) is 0 Å². The molecule has 0 unspecified atom stereocenters. The summed E-state index contributed by atoms with van der Waals surface area (Å²) >= 11 is 8.31. The van der Waals surface area contributed by atoms with E-state index in [0.29, 0.717) is 30.1 Å². The number of rotatable bonds is 2.